The quantitative estimate of drug-likeness (QED) is 0.821. The van der Waals surface area contributed by atoms with Crippen LogP contribution < -0.4 is 10.1 Å². The average Bonchev–Trinajstić information content (AvgIpc) is 3.12. The Morgan fingerprint density at radius 3 is 3.04 bits per heavy atom. The number of nitrogens with one attached hydrogen (secondary N) is 1. The molecule has 1 aromatic heterocycles. The van der Waals surface area contributed by atoms with Crippen LogP contribution in [0.1, 0.15) is 30.1 Å². The average molecular weight is 330 g/mol. The summed E-state index contributed by atoms with van der Waals surface area (Å²) in [6.45, 7) is 3.54. The van der Waals surface area contributed by atoms with Gasteiger partial charge < -0.3 is 19.5 Å². The van der Waals surface area contributed by atoms with Gasteiger partial charge in [-0.2, -0.15) is 0 Å². The largest absolute Gasteiger partial charge is 0.494 e. The highest BCUT2D eigenvalue weighted by atomic mass is 16.5. The lowest BCUT2D eigenvalue weighted by atomic mass is 10.1. The number of ether oxygens (including phenoxy) is 3. The molecule has 2 aromatic rings. The van der Waals surface area contributed by atoms with E-state index in [4.69, 9.17) is 14.2 Å². The van der Waals surface area contributed by atoms with Crippen molar-refractivity contribution in [2.24, 2.45) is 0 Å². The van der Waals surface area contributed by atoms with Crippen molar-refractivity contribution >= 4 is 22.6 Å². The minimum absolute atomic E-state index is 0.161. The fourth-order valence-electron chi connectivity index (χ4n) is 2.94. The zero-order valence-electron chi connectivity index (χ0n) is 14.0. The molecule has 6 nitrogen and oxygen atoms in total. The predicted molar refractivity (Wildman–Crippen MR) is 91.7 cm³/mol. The highest BCUT2D eigenvalue weighted by molar-refractivity contribution is 6.06. The van der Waals surface area contributed by atoms with Gasteiger partial charge in [0.2, 0.25) is 0 Å². The third-order valence-electron chi connectivity index (χ3n) is 4.11. The van der Waals surface area contributed by atoms with Crippen molar-refractivity contribution in [1.29, 1.82) is 0 Å². The Morgan fingerprint density at radius 1 is 1.46 bits per heavy atom. The fourth-order valence-corrected chi connectivity index (χ4v) is 2.94. The SMILES string of the molecule is CCOC(=O)c1cnc2c(OC)cccc2c1NCC1CCCO1. The number of anilines is 1. The van der Waals surface area contributed by atoms with Crippen molar-refractivity contribution in [1.82, 2.24) is 4.98 Å². The summed E-state index contributed by atoms with van der Waals surface area (Å²) in [4.78, 5) is 16.7. The third kappa shape index (κ3) is 3.28. The molecule has 1 aliphatic heterocycles. The summed E-state index contributed by atoms with van der Waals surface area (Å²) >= 11 is 0. The minimum atomic E-state index is -0.385. The van der Waals surface area contributed by atoms with Gasteiger partial charge in [0.15, 0.2) is 0 Å². The summed E-state index contributed by atoms with van der Waals surface area (Å²) in [7, 11) is 1.61. The number of carbonyl (C=O) groups is 1. The lowest BCUT2D eigenvalue weighted by Crippen LogP contribution is -2.20. The Labute approximate surface area is 141 Å². The van der Waals surface area contributed by atoms with Gasteiger partial charge in [-0.1, -0.05) is 12.1 Å². The maximum atomic E-state index is 12.3. The van der Waals surface area contributed by atoms with Crippen molar-refractivity contribution in [2.75, 3.05) is 32.2 Å². The molecular weight excluding hydrogens is 308 g/mol. The molecule has 128 valence electrons. The highest BCUT2D eigenvalue weighted by Gasteiger charge is 2.20. The monoisotopic (exact) mass is 330 g/mol. The van der Waals surface area contributed by atoms with Gasteiger partial charge in [-0.05, 0) is 25.8 Å². The maximum Gasteiger partial charge on any atom is 0.341 e. The predicted octanol–water partition coefficient (Wildman–Crippen LogP) is 3.01. The van der Waals surface area contributed by atoms with Gasteiger partial charge in [-0.15, -0.1) is 0 Å². The molecule has 0 amide bonds. The smallest absolute Gasteiger partial charge is 0.341 e. The summed E-state index contributed by atoms with van der Waals surface area (Å²) in [6, 6.07) is 5.66. The molecule has 1 atom stereocenters. The number of hydrogen-bond donors (Lipinski definition) is 1. The van der Waals surface area contributed by atoms with Gasteiger partial charge >= 0.3 is 5.97 Å². The Kier molecular flexibility index (Phi) is 5.15. The minimum Gasteiger partial charge on any atom is -0.494 e. The number of carbonyl (C=O) groups excluding carboxylic acids is 1. The summed E-state index contributed by atoms with van der Waals surface area (Å²) in [5.74, 6) is 0.285. The van der Waals surface area contributed by atoms with E-state index in [2.05, 4.69) is 10.3 Å². The maximum absolute atomic E-state index is 12.3. The number of rotatable bonds is 6. The van der Waals surface area contributed by atoms with Crippen LogP contribution in [0.25, 0.3) is 10.9 Å². The molecule has 0 aliphatic carbocycles. The second kappa shape index (κ2) is 7.49. The van der Waals surface area contributed by atoms with E-state index in [0.29, 0.717) is 35.7 Å². The topological polar surface area (TPSA) is 69.7 Å². The molecule has 1 aromatic carbocycles. The zero-order chi connectivity index (χ0) is 16.9. The van der Waals surface area contributed by atoms with Crippen molar-refractivity contribution < 1.29 is 19.0 Å². The second-order valence-corrected chi connectivity index (χ2v) is 5.64. The summed E-state index contributed by atoms with van der Waals surface area (Å²) < 4.78 is 16.2. The molecule has 3 rings (SSSR count). The summed E-state index contributed by atoms with van der Waals surface area (Å²) in [6.07, 6.45) is 3.80. The van der Waals surface area contributed by atoms with Crippen molar-refractivity contribution in [2.45, 2.75) is 25.9 Å². The van der Waals surface area contributed by atoms with Crippen LogP contribution in [0.4, 0.5) is 5.69 Å². The van der Waals surface area contributed by atoms with E-state index in [0.717, 1.165) is 24.8 Å². The van der Waals surface area contributed by atoms with Crippen molar-refractivity contribution in [3.8, 4) is 5.75 Å². The molecule has 0 bridgehead atoms. The van der Waals surface area contributed by atoms with Crippen LogP contribution in [0.2, 0.25) is 0 Å². The Morgan fingerprint density at radius 2 is 2.33 bits per heavy atom. The van der Waals surface area contributed by atoms with Crippen LogP contribution >= 0.6 is 0 Å². The molecule has 1 unspecified atom stereocenters. The first-order valence-corrected chi connectivity index (χ1v) is 8.23. The van der Waals surface area contributed by atoms with Gasteiger partial charge in [0, 0.05) is 24.7 Å². The Balaban J connectivity index is 2.01. The van der Waals surface area contributed by atoms with E-state index < -0.39 is 0 Å². The molecule has 24 heavy (non-hydrogen) atoms. The van der Waals surface area contributed by atoms with E-state index in [9.17, 15) is 4.79 Å². The molecule has 1 fully saturated rings. The van der Waals surface area contributed by atoms with Crippen LogP contribution in [0.15, 0.2) is 24.4 Å². The summed E-state index contributed by atoms with van der Waals surface area (Å²) in [5.41, 5.74) is 1.85. The van der Waals surface area contributed by atoms with Crippen LogP contribution in [0, 0.1) is 0 Å². The van der Waals surface area contributed by atoms with Gasteiger partial charge in [0.1, 0.15) is 16.8 Å². The molecule has 1 N–H and O–H groups in total. The first-order chi connectivity index (χ1) is 11.7. The number of pyridine rings is 1. The lowest BCUT2D eigenvalue weighted by molar-refractivity contribution is 0.0527. The standard InChI is InChI=1S/C18H22N2O4/c1-3-23-18(21)14-11-20-17-13(7-4-8-15(17)22-2)16(14)19-10-12-6-5-9-24-12/h4,7-8,11-12H,3,5-6,9-10H2,1-2H3,(H,19,20). The van der Waals surface area contributed by atoms with E-state index in [1.165, 1.54) is 0 Å². The second-order valence-electron chi connectivity index (χ2n) is 5.64. The van der Waals surface area contributed by atoms with Crippen LogP contribution in [-0.2, 0) is 9.47 Å². The molecule has 0 spiro atoms. The van der Waals surface area contributed by atoms with E-state index in [1.807, 2.05) is 18.2 Å². The summed E-state index contributed by atoms with van der Waals surface area (Å²) in [5, 5.41) is 4.20. The van der Waals surface area contributed by atoms with Gasteiger partial charge in [0.05, 0.1) is 25.5 Å². The Bertz CT molecular complexity index is 726. The highest BCUT2D eigenvalue weighted by Crippen LogP contribution is 2.32. The third-order valence-corrected chi connectivity index (χ3v) is 4.11. The first-order valence-electron chi connectivity index (χ1n) is 8.23. The number of fused-ring (bicyclic) bond motifs is 1. The molecule has 1 saturated heterocycles. The zero-order valence-corrected chi connectivity index (χ0v) is 14.0. The normalized spacial score (nSPS) is 17.0. The van der Waals surface area contributed by atoms with Gasteiger partial charge in [0.25, 0.3) is 0 Å². The van der Waals surface area contributed by atoms with Gasteiger partial charge in [-0.3, -0.25) is 4.98 Å². The number of aromatic nitrogens is 1. The van der Waals surface area contributed by atoms with Gasteiger partial charge in [-0.25, -0.2) is 4.79 Å². The molecule has 6 heteroatoms. The number of nitrogens with zero attached hydrogens (tertiary/aromatic N) is 1. The van der Waals surface area contributed by atoms with E-state index in [1.54, 1.807) is 20.2 Å². The van der Waals surface area contributed by atoms with Crippen molar-refractivity contribution in [3.05, 3.63) is 30.0 Å². The molecular formula is C18H22N2O4. The van der Waals surface area contributed by atoms with Crippen LogP contribution in [-0.4, -0.2) is 43.9 Å². The molecule has 0 radical (unpaired) electrons. The molecule has 0 saturated carbocycles. The van der Waals surface area contributed by atoms with Crippen LogP contribution in [0.3, 0.4) is 0 Å². The number of benzene rings is 1. The number of hydrogen-bond acceptors (Lipinski definition) is 6. The van der Waals surface area contributed by atoms with Crippen molar-refractivity contribution in [3.63, 3.8) is 0 Å². The molecule has 2 heterocycles. The Hall–Kier alpha value is -2.34. The lowest BCUT2D eigenvalue weighted by Gasteiger charge is -2.17. The molecule has 1 aliphatic rings. The number of methoxy groups -OCH3 is 1. The number of esters is 1. The van der Waals surface area contributed by atoms with Crippen LogP contribution in [0.5, 0.6) is 5.75 Å². The fraction of sp³-hybridized carbons (Fsp3) is 0.444. The van der Waals surface area contributed by atoms with E-state index >= 15 is 0 Å². The van der Waals surface area contributed by atoms with E-state index in [-0.39, 0.29) is 12.1 Å². The number of para-hydroxylation sites is 1. The first kappa shape index (κ1) is 16.5.